The van der Waals surface area contributed by atoms with Crippen molar-refractivity contribution < 1.29 is 9.59 Å². The topological polar surface area (TPSA) is 49.4 Å². The molecule has 0 aliphatic rings. The zero-order valence-corrected chi connectivity index (χ0v) is 24.8. The summed E-state index contributed by atoms with van der Waals surface area (Å²) in [6, 6.07) is 20.8. The Bertz CT molecular complexity index is 1220. The van der Waals surface area contributed by atoms with E-state index in [1.807, 2.05) is 50.2 Å². The molecule has 3 aromatic carbocycles. The van der Waals surface area contributed by atoms with Crippen LogP contribution in [0, 0.1) is 13.8 Å². The van der Waals surface area contributed by atoms with Crippen LogP contribution in [0.2, 0.25) is 10.0 Å². The van der Waals surface area contributed by atoms with E-state index in [0.717, 1.165) is 17.5 Å². The SMILES string of the molecule is CC[C@@H](C)NC(=O)[C@H](Cc1ccccc1)N(Cc1ccc(Cl)cc1Cl)C(=O)CSCc1cc(C)cc(C)c1. The van der Waals surface area contributed by atoms with Gasteiger partial charge in [0.2, 0.25) is 11.8 Å². The summed E-state index contributed by atoms with van der Waals surface area (Å²) >= 11 is 14.2. The largest absolute Gasteiger partial charge is 0.352 e. The van der Waals surface area contributed by atoms with Crippen LogP contribution in [0.4, 0.5) is 0 Å². The number of hydrogen-bond donors (Lipinski definition) is 1. The molecule has 0 aromatic heterocycles. The van der Waals surface area contributed by atoms with Gasteiger partial charge >= 0.3 is 0 Å². The molecule has 0 fully saturated rings. The predicted molar refractivity (Wildman–Crippen MR) is 161 cm³/mol. The smallest absolute Gasteiger partial charge is 0.243 e. The van der Waals surface area contributed by atoms with Gasteiger partial charge in [-0.25, -0.2) is 0 Å². The summed E-state index contributed by atoms with van der Waals surface area (Å²) in [5.41, 5.74) is 5.33. The lowest BCUT2D eigenvalue weighted by Crippen LogP contribution is -2.52. The first-order valence-corrected chi connectivity index (χ1v) is 14.8. The highest BCUT2D eigenvalue weighted by Crippen LogP contribution is 2.25. The van der Waals surface area contributed by atoms with Crippen molar-refractivity contribution in [2.45, 2.75) is 64.9 Å². The van der Waals surface area contributed by atoms with Crippen LogP contribution in [-0.2, 0) is 28.3 Å². The van der Waals surface area contributed by atoms with Gasteiger partial charge in [-0.05, 0) is 56.0 Å². The molecule has 4 nitrogen and oxygen atoms in total. The molecule has 0 aliphatic carbocycles. The van der Waals surface area contributed by atoms with E-state index >= 15 is 0 Å². The fourth-order valence-electron chi connectivity index (χ4n) is 4.32. The Hall–Kier alpha value is -2.47. The standard InChI is InChI=1S/C31H36Cl2N2O2S/c1-5-23(4)34-31(37)29(16-24-9-7-6-8-10-24)35(18-26-11-12-27(32)17-28(26)33)30(36)20-38-19-25-14-21(2)13-22(3)15-25/h6-15,17,23,29H,5,16,18-20H2,1-4H3,(H,34,37)/t23-,29+/m1/s1. The second-order valence-electron chi connectivity index (χ2n) is 9.77. The zero-order chi connectivity index (χ0) is 27.7. The first-order chi connectivity index (χ1) is 18.2. The lowest BCUT2D eigenvalue weighted by atomic mass is 10.0. The van der Waals surface area contributed by atoms with E-state index in [0.29, 0.717) is 22.2 Å². The van der Waals surface area contributed by atoms with Gasteiger partial charge in [-0.15, -0.1) is 11.8 Å². The maximum Gasteiger partial charge on any atom is 0.243 e. The molecule has 0 saturated heterocycles. The molecule has 0 unspecified atom stereocenters. The third kappa shape index (κ3) is 9.07. The Morgan fingerprint density at radius 2 is 1.63 bits per heavy atom. The molecule has 38 heavy (non-hydrogen) atoms. The highest BCUT2D eigenvalue weighted by molar-refractivity contribution is 7.99. The molecular formula is C31H36Cl2N2O2S. The number of benzene rings is 3. The summed E-state index contributed by atoms with van der Waals surface area (Å²) in [7, 11) is 0. The molecule has 7 heteroatoms. The number of carbonyl (C=O) groups excluding carboxylic acids is 2. The van der Waals surface area contributed by atoms with Gasteiger partial charge in [0.1, 0.15) is 6.04 Å². The number of nitrogens with one attached hydrogen (secondary N) is 1. The number of halogens is 2. The van der Waals surface area contributed by atoms with E-state index in [2.05, 4.69) is 37.4 Å². The number of carbonyl (C=O) groups is 2. The van der Waals surface area contributed by atoms with Gasteiger partial charge < -0.3 is 10.2 Å². The highest BCUT2D eigenvalue weighted by atomic mass is 35.5. The second-order valence-corrected chi connectivity index (χ2v) is 11.6. The molecule has 0 bridgehead atoms. The van der Waals surface area contributed by atoms with Crippen molar-refractivity contribution in [2.75, 3.05) is 5.75 Å². The van der Waals surface area contributed by atoms with Gasteiger partial charge in [0.05, 0.1) is 5.75 Å². The summed E-state index contributed by atoms with van der Waals surface area (Å²) in [6.45, 7) is 8.36. The molecule has 2 amide bonds. The van der Waals surface area contributed by atoms with Gasteiger partial charge in [-0.1, -0.05) is 95.8 Å². The van der Waals surface area contributed by atoms with E-state index in [4.69, 9.17) is 23.2 Å². The van der Waals surface area contributed by atoms with E-state index in [1.165, 1.54) is 16.7 Å². The minimum absolute atomic E-state index is 0.00391. The average Bonchev–Trinajstić information content (AvgIpc) is 2.87. The van der Waals surface area contributed by atoms with E-state index in [9.17, 15) is 9.59 Å². The molecule has 0 heterocycles. The van der Waals surface area contributed by atoms with Crippen LogP contribution in [0.5, 0.6) is 0 Å². The van der Waals surface area contributed by atoms with Crippen molar-refractivity contribution in [1.29, 1.82) is 0 Å². The predicted octanol–water partition coefficient (Wildman–Crippen LogP) is 7.40. The Morgan fingerprint density at radius 3 is 2.26 bits per heavy atom. The number of thioether (sulfide) groups is 1. The average molecular weight is 572 g/mol. The minimum Gasteiger partial charge on any atom is -0.352 e. The number of hydrogen-bond acceptors (Lipinski definition) is 3. The zero-order valence-electron chi connectivity index (χ0n) is 22.5. The van der Waals surface area contributed by atoms with Crippen LogP contribution >= 0.6 is 35.0 Å². The van der Waals surface area contributed by atoms with E-state index < -0.39 is 6.04 Å². The summed E-state index contributed by atoms with van der Waals surface area (Å²) in [4.78, 5) is 29.1. The summed E-state index contributed by atoms with van der Waals surface area (Å²) < 4.78 is 0. The summed E-state index contributed by atoms with van der Waals surface area (Å²) in [5, 5.41) is 4.09. The maximum atomic E-state index is 13.8. The summed E-state index contributed by atoms with van der Waals surface area (Å²) in [5.74, 6) is 0.693. The first-order valence-electron chi connectivity index (χ1n) is 12.9. The van der Waals surface area contributed by atoms with Gasteiger partial charge in [0.25, 0.3) is 0 Å². The number of amides is 2. The van der Waals surface area contributed by atoms with Crippen molar-refractivity contribution in [2.24, 2.45) is 0 Å². The highest BCUT2D eigenvalue weighted by Gasteiger charge is 2.31. The Labute approximate surface area is 241 Å². The molecule has 202 valence electrons. The van der Waals surface area contributed by atoms with Crippen LogP contribution in [0.15, 0.2) is 66.7 Å². The lowest BCUT2D eigenvalue weighted by molar-refractivity contribution is -0.139. The van der Waals surface area contributed by atoms with Gasteiger partial charge in [0.15, 0.2) is 0 Å². The third-order valence-corrected chi connectivity index (χ3v) is 7.98. The molecular weight excluding hydrogens is 535 g/mol. The Kier molecular flexibility index (Phi) is 11.6. The molecule has 1 N–H and O–H groups in total. The minimum atomic E-state index is -0.688. The Morgan fingerprint density at radius 1 is 0.947 bits per heavy atom. The fourth-order valence-corrected chi connectivity index (χ4v) is 5.63. The number of nitrogens with zero attached hydrogens (tertiary/aromatic N) is 1. The first kappa shape index (κ1) is 30.1. The van der Waals surface area contributed by atoms with Crippen LogP contribution in [0.1, 0.15) is 48.1 Å². The monoisotopic (exact) mass is 570 g/mol. The van der Waals surface area contributed by atoms with Crippen molar-refractivity contribution in [3.63, 3.8) is 0 Å². The van der Waals surface area contributed by atoms with Crippen molar-refractivity contribution in [3.8, 4) is 0 Å². The number of rotatable bonds is 12. The molecule has 3 rings (SSSR count). The van der Waals surface area contributed by atoms with Crippen LogP contribution in [0.3, 0.4) is 0 Å². The molecule has 3 aromatic rings. The van der Waals surface area contributed by atoms with Crippen LogP contribution < -0.4 is 5.32 Å². The van der Waals surface area contributed by atoms with E-state index in [1.54, 1.807) is 28.8 Å². The quantitative estimate of drug-likeness (QED) is 0.247. The van der Waals surface area contributed by atoms with Gasteiger partial charge in [-0.3, -0.25) is 9.59 Å². The van der Waals surface area contributed by atoms with Gasteiger partial charge in [-0.2, -0.15) is 0 Å². The molecule has 0 saturated carbocycles. The second kappa shape index (κ2) is 14.6. The van der Waals surface area contributed by atoms with Crippen LogP contribution in [0.25, 0.3) is 0 Å². The molecule has 0 radical (unpaired) electrons. The van der Waals surface area contributed by atoms with Gasteiger partial charge in [0, 0.05) is 34.8 Å². The summed E-state index contributed by atoms with van der Waals surface area (Å²) in [6.07, 6.45) is 1.20. The van der Waals surface area contributed by atoms with E-state index in [-0.39, 0.29) is 30.2 Å². The lowest BCUT2D eigenvalue weighted by Gasteiger charge is -2.32. The Balaban J connectivity index is 1.89. The molecule has 0 aliphatic heterocycles. The van der Waals surface area contributed by atoms with Crippen molar-refractivity contribution >= 4 is 46.8 Å². The van der Waals surface area contributed by atoms with Crippen molar-refractivity contribution in [1.82, 2.24) is 10.2 Å². The number of aryl methyl sites for hydroxylation is 2. The molecule has 0 spiro atoms. The normalized spacial score (nSPS) is 12.6. The molecule has 2 atom stereocenters. The van der Waals surface area contributed by atoms with Crippen LogP contribution in [-0.4, -0.2) is 34.6 Å². The van der Waals surface area contributed by atoms with Crippen molar-refractivity contribution in [3.05, 3.63) is 105 Å². The third-order valence-electron chi connectivity index (χ3n) is 6.40. The maximum absolute atomic E-state index is 13.8. The fraction of sp³-hybridized carbons (Fsp3) is 0.355.